The van der Waals surface area contributed by atoms with Crippen LogP contribution in [0.25, 0.3) is 6.08 Å². The zero-order valence-electron chi connectivity index (χ0n) is 10.9. The largest absolute Gasteiger partial charge is 0.481 e. The number of hydrogen-bond acceptors (Lipinski definition) is 4. The van der Waals surface area contributed by atoms with Crippen molar-refractivity contribution < 1.29 is 24.3 Å². The quantitative estimate of drug-likeness (QED) is 0.599. The van der Waals surface area contributed by atoms with E-state index < -0.39 is 30.2 Å². The number of carboxylic acids is 1. The number of carboxylic acid groups (broad SMARTS) is 1. The van der Waals surface area contributed by atoms with E-state index in [1.165, 1.54) is 6.08 Å². The molecule has 1 fully saturated rings. The molecule has 1 aliphatic heterocycles. The molecule has 2 N–H and O–H groups in total. The molecule has 0 saturated carbocycles. The van der Waals surface area contributed by atoms with Gasteiger partial charge in [0, 0.05) is 0 Å². The molecule has 1 aromatic carbocycles. The molecule has 0 spiro atoms. The van der Waals surface area contributed by atoms with Gasteiger partial charge in [0.1, 0.15) is 11.7 Å². The number of benzene rings is 1. The van der Waals surface area contributed by atoms with Gasteiger partial charge >= 0.3 is 5.97 Å². The number of hydrogen-bond donors (Lipinski definition) is 2. The molecule has 108 valence electrons. The normalized spacial score (nSPS) is 20.3. The summed E-state index contributed by atoms with van der Waals surface area (Å²) in [5.74, 6) is -2.71. The van der Waals surface area contributed by atoms with E-state index in [1.54, 1.807) is 30.3 Å². The van der Waals surface area contributed by atoms with E-state index in [4.69, 9.17) is 5.11 Å². The highest BCUT2D eigenvalue weighted by Gasteiger charge is 2.38. The van der Waals surface area contributed by atoms with Gasteiger partial charge in [-0.15, -0.1) is 0 Å². The van der Waals surface area contributed by atoms with Crippen molar-refractivity contribution in [3.63, 3.8) is 0 Å². The summed E-state index contributed by atoms with van der Waals surface area (Å²) in [5, 5.41) is 11.1. The molecule has 21 heavy (non-hydrogen) atoms. The van der Waals surface area contributed by atoms with Crippen molar-refractivity contribution >= 4 is 30.3 Å². The number of nitrogens with zero attached hydrogens (tertiary/aromatic N) is 1. The maximum atomic E-state index is 12.1. The van der Waals surface area contributed by atoms with Crippen LogP contribution in [0.5, 0.6) is 0 Å². The standard InChI is InChI=1S/C14H12N2O5/c17-8-16-11(7-12(18)19)13(20)15-10(14(16)21)6-9-4-2-1-3-5-9/h1-6,8,11H,7H2,(H,15,20)(H,18,19)/t11-/m0/s1. The molecule has 1 atom stereocenters. The lowest BCUT2D eigenvalue weighted by atomic mass is 10.1. The lowest BCUT2D eigenvalue weighted by Crippen LogP contribution is -2.57. The van der Waals surface area contributed by atoms with Crippen LogP contribution >= 0.6 is 0 Å². The van der Waals surface area contributed by atoms with Crippen molar-refractivity contribution in [1.29, 1.82) is 0 Å². The fourth-order valence-electron chi connectivity index (χ4n) is 1.97. The molecular formula is C14H12N2O5. The van der Waals surface area contributed by atoms with Gasteiger partial charge in [-0.05, 0) is 11.6 Å². The molecule has 0 bridgehead atoms. The first-order chi connectivity index (χ1) is 10.0. The van der Waals surface area contributed by atoms with Crippen molar-refractivity contribution in [3.8, 4) is 0 Å². The van der Waals surface area contributed by atoms with E-state index >= 15 is 0 Å². The number of rotatable bonds is 4. The number of piperazine rings is 1. The predicted octanol–water partition coefficient (Wildman–Crippen LogP) is -0.0144. The van der Waals surface area contributed by atoms with E-state index in [2.05, 4.69) is 5.32 Å². The zero-order chi connectivity index (χ0) is 15.4. The van der Waals surface area contributed by atoms with Crippen LogP contribution in [0.4, 0.5) is 0 Å². The molecule has 1 aliphatic rings. The molecule has 7 heteroatoms. The summed E-state index contributed by atoms with van der Waals surface area (Å²) in [6.45, 7) is 0. The minimum atomic E-state index is -1.33. The minimum absolute atomic E-state index is 0.0695. The lowest BCUT2D eigenvalue weighted by Gasteiger charge is -2.30. The van der Waals surface area contributed by atoms with Crippen molar-refractivity contribution in [3.05, 3.63) is 41.6 Å². The SMILES string of the molecule is O=CN1C(=O)C(=Cc2ccccc2)NC(=O)[C@@H]1CC(=O)O. The van der Waals surface area contributed by atoms with Crippen molar-refractivity contribution in [1.82, 2.24) is 10.2 Å². The first-order valence-corrected chi connectivity index (χ1v) is 6.10. The second kappa shape index (κ2) is 6.00. The van der Waals surface area contributed by atoms with Crippen LogP contribution in [0, 0.1) is 0 Å². The Morgan fingerprint density at radius 1 is 1.29 bits per heavy atom. The Balaban J connectivity index is 2.31. The summed E-state index contributed by atoms with van der Waals surface area (Å²) in [6.07, 6.45) is 0.968. The van der Waals surface area contributed by atoms with E-state index in [0.717, 1.165) is 0 Å². The summed E-state index contributed by atoms with van der Waals surface area (Å²) >= 11 is 0. The number of amides is 3. The van der Waals surface area contributed by atoms with Gasteiger partial charge < -0.3 is 10.4 Å². The van der Waals surface area contributed by atoms with E-state index in [1.807, 2.05) is 0 Å². The Labute approximate surface area is 119 Å². The maximum absolute atomic E-state index is 12.1. The average Bonchev–Trinajstić information content (AvgIpc) is 2.45. The number of nitrogens with one attached hydrogen (secondary N) is 1. The molecule has 2 rings (SSSR count). The molecule has 0 aromatic heterocycles. The number of aliphatic carboxylic acids is 1. The maximum Gasteiger partial charge on any atom is 0.306 e. The summed E-state index contributed by atoms with van der Waals surface area (Å²) in [4.78, 5) is 46.3. The fraction of sp³-hybridized carbons (Fsp3) is 0.143. The average molecular weight is 288 g/mol. The van der Waals surface area contributed by atoms with Gasteiger partial charge in [0.15, 0.2) is 0 Å². The molecule has 1 saturated heterocycles. The summed E-state index contributed by atoms with van der Waals surface area (Å²) < 4.78 is 0. The third kappa shape index (κ3) is 3.14. The summed E-state index contributed by atoms with van der Waals surface area (Å²) in [7, 11) is 0. The molecule has 0 radical (unpaired) electrons. The number of carbonyl (C=O) groups is 4. The van der Waals surface area contributed by atoms with Gasteiger partial charge in [-0.3, -0.25) is 24.1 Å². The smallest absolute Gasteiger partial charge is 0.306 e. The lowest BCUT2D eigenvalue weighted by molar-refractivity contribution is -0.151. The second-order valence-electron chi connectivity index (χ2n) is 4.39. The number of carbonyl (C=O) groups excluding carboxylic acids is 3. The second-order valence-corrected chi connectivity index (χ2v) is 4.39. The van der Waals surface area contributed by atoms with E-state index in [0.29, 0.717) is 10.5 Å². The van der Waals surface area contributed by atoms with Crippen LogP contribution in [0.2, 0.25) is 0 Å². The first kappa shape index (κ1) is 14.4. The predicted molar refractivity (Wildman–Crippen MR) is 71.5 cm³/mol. The Hall–Kier alpha value is -2.96. The van der Waals surface area contributed by atoms with Crippen LogP contribution in [-0.4, -0.2) is 40.2 Å². The molecule has 0 aliphatic carbocycles. The molecule has 7 nitrogen and oxygen atoms in total. The number of imide groups is 1. The highest BCUT2D eigenvalue weighted by Crippen LogP contribution is 2.16. The van der Waals surface area contributed by atoms with Gasteiger partial charge in [0.05, 0.1) is 6.42 Å². The third-order valence-electron chi connectivity index (χ3n) is 2.95. The fourth-order valence-corrected chi connectivity index (χ4v) is 1.97. The van der Waals surface area contributed by atoms with Crippen LogP contribution in [-0.2, 0) is 19.2 Å². The van der Waals surface area contributed by atoms with Crippen LogP contribution in [0.1, 0.15) is 12.0 Å². The van der Waals surface area contributed by atoms with Crippen molar-refractivity contribution in [2.24, 2.45) is 0 Å². The van der Waals surface area contributed by atoms with Gasteiger partial charge in [-0.2, -0.15) is 0 Å². The Morgan fingerprint density at radius 2 is 1.95 bits per heavy atom. The molecular weight excluding hydrogens is 276 g/mol. The summed E-state index contributed by atoms with van der Waals surface area (Å²) in [6, 6.07) is 7.42. The van der Waals surface area contributed by atoms with Gasteiger partial charge in [-0.25, -0.2) is 0 Å². The highest BCUT2D eigenvalue weighted by atomic mass is 16.4. The van der Waals surface area contributed by atoms with E-state index in [9.17, 15) is 19.2 Å². The van der Waals surface area contributed by atoms with Crippen LogP contribution in [0.3, 0.4) is 0 Å². The minimum Gasteiger partial charge on any atom is -0.481 e. The van der Waals surface area contributed by atoms with Crippen LogP contribution < -0.4 is 5.32 Å². The molecule has 0 unspecified atom stereocenters. The Bertz CT molecular complexity index is 624. The first-order valence-electron chi connectivity index (χ1n) is 6.10. The highest BCUT2D eigenvalue weighted by molar-refractivity contribution is 6.11. The molecule has 1 aromatic rings. The summed E-state index contributed by atoms with van der Waals surface area (Å²) in [5.41, 5.74) is 0.601. The Morgan fingerprint density at radius 3 is 2.52 bits per heavy atom. The monoisotopic (exact) mass is 288 g/mol. The topological polar surface area (TPSA) is 104 Å². The van der Waals surface area contributed by atoms with Crippen molar-refractivity contribution in [2.45, 2.75) is 12.5 Å². The Kier molecular flexibility index (Phi) is 4.13. The van der Waals surface area contributed by atoms with Gasteiger partial charge in [0.2, 0.25) is 12.3 Å². The van der Waals surface area contributed by atoms with E-state index in [-0.39, 0.29) is 12.1 Å². The molecule has 1 heterocycles. The third-order valence-corrected chi connectivity index (χ3v) is 2.95. The zero-order valence-corrected chi connectivity index (χ0v) is 10.9. The van der Waals surface area contributed by atoms with Crippen molar-refractivity contribution in [2.75, 3.05) is 0 Å². The van der Waals surface area contributed by atoms with Gasteiger partial charge in [0.25, 0.3) is 5.91 Å². The van der Waals surface area contributed by atoms with Gasteiger partial charge in [-0.1, -0.05) is 30.3 Å². The molecule has 3 amide bonds. The van der Waals surface area contributed by atoms with Crippen LogP contribution in [0.15, 0.2) is 36.0 Å².